The van der Waals surface area contributed by atoms with E-state index in [0.29, 0.717) is 4.57 Å². The lowest BCUT2D eigenvalue weighted by Gasteiger charge is -2.12. The zero-order valence-electron chi connectivity index (χ0n) is 9.13. The third-order valence-electron chi connectivity index (χ3n) is 2.09. The molecule has 0 unspecified atom stereocenters. The van der Waals surface area contributed by atoms with E-state index in [2.05, 4.69) is 0 Å². The summed E-state index contributed by atoms with van der Waals surface area (Å²) in [5, 5.41) is 0.756. The predicted octanol–water partition coefficient (Wildman–Crippen LogP) is 0.238. The molecule has 1 amide bonds. The Labute approximate surface area is 103 Å². The van der Waals surface area contributed by atoms with Crippen LogP contribution < -0.4 is 16.6 Å². The summed E-state index contributed by atoms with van der Waals surface area (Å²) in [6.45, 7) is 0. The number of nitrogens with one attached hydrogen (secondary N) is 1. The molecule has 0 saturated carbocycles. The second kappa shape index (κ2) is 4.48. The van der Waals surface area contributed by atoms with Gasteiger partial charge in [0.1, 0.15) is 10.8 Å². The van der Waals surface area contributed by atoms with E-state index >= 15 is 0 Å². The van der Waals surface area contributed by atoms with Gasteiger partial charge in [0.05, 0.1) is 0 Å². The van der Waals surface area contributed by atoms with Crippen molar-refractivity contribution in [3.8, 4) is 0 Å². The fourth-order valence-corrected chi connectivity index (χ4v) is 1.31. The first kappa shape index (κ1) is 14.3. The molecule has 0 aromatic carbocycles. The molecule has 1 aromatic heterocycles. The van der Waals surface area contributed by atoms with Gasteiger partial charge in [0.2, 0.25) is 0 Å². The number of hydrogen-bond acceptors (Lipinski definition) is 3. The number of aromatic nitrogens is 2. The molecular formula is C8H7ClF3N3O3. The first-order chi connectivity index (χ1) is 8.07. The van der Waals surface area contributed by atoms with Crippen molar-refractivity contribution in [1.29, 1.82) is 0 Å². The summed E-state index contributed by atoms with van der Waals surface area (Å²) in [6, 6.07) is 0. The van der Waals surface area contributed by atoms with Crippen LogP contribution in [0.2, 0.25) is 5.15 Å². The summed E-state index contributed by atoms with van der Waals surface area (Å²) < 4.78 is 37.4. The van der Waals surface area contributed by atoms with Crippen LogP contribution in [0.15, 0.2) is 9.59 Å². The molecule has 0 atom stereocenters. The number of anilines is 1. The van der Waals surface area contributed by atoms with Gasteiger partial charge in [-0.1, -0.05) is 11.6 Å². The first-order valence-corrected chi connectivity index (χ1v) is 4.79. The van der Waals surface area contributed by atoms with Crippen LogP contribution >= 0.6 is 11.6 Å². The van der Waals surface area contributed by atoms with Crippen LogP contribution in [0.5, 0.6) is 0 Å². The fraction of sp³-hybridized carbons (Fsp3) is 0.375. The number of amides is 1. The maximum absolute atomic E-state index is 12.0. The van der Waals surface area contributed by atoms with Crippen LogP contribution in [0, 0.1) is 0 Å². The van der Waals surface area contributed by atoms with Gasteiger partial charge in [-0.3, -0.25) is 18.7 Å². The SMILES string of the molecule is Cn1c(Cl)c(NC(=O)C(F)(F)F)c(=O)n(C)c1=O. The Morgan fingerprint density at radius 1 is 1.22 bits per heavy atom. The van der Waals surface area contributed by atoms with Gasteiger partial charge in [0.25, 0.3) is 5.56 Å². The van der Waals surface area contributed by atoms with Gasteiger partial charge in [0, 0.05) is 14.1 Å². The van der Waals surface area contributed by atoms with E-state index in [4.69, 9.17) is 11.6 Å². The van der Waals surface area contributed by atoms with E-state index in [1.807, 2.05) is 0 Å². The molecule has 1 aromatic rings. The monoisotopic (exact) mass is 285 g/mol. The van der Waals surface area contributed by atoms with E-state index in [1.165, 1.54) is 5.32 Å². The van der Waals surface area contributed by atoms with Crippen molar-refractivity contribution >= 4 is 23.2 Å². The number of carbonyl (C=O) groups is 1. The Morgan fingerprint density at radius 2 is 1.72 bits per heavy atom. The van der Waals surface area contributed by atoms with Gasteiger partial charge in [-0.25, -0.2) is 4.79 Å². The van der Waals surface area contributed by atoms with Gasteiger partial charge in [-0.05, 0) is 0 Å². The third-order valence-corrected chi connectivity index (χ3v) is 2.53. The summed E-state index contributed by atoms with van der Waals surface area (Å²) in [4.78, 5) is 33.6. The molecule has 0 aliphatic carbocycles. The van der Waals surface area contributed by atoms with E-state index < -0.39 is 34.2 Å². The van der Waals surface area contributed by atoms with E-state index in [1.54, 1.807) is 0 Å². The predicted molar refractivity (Wildman–Crippen MR) is 56.6 cm³/mol. The maximum Gasteiger partial charge on any atom is 0.471 e. The Balaban J connectivity index is 3.41. The first-order valence-electron chi connectivity index (χ1n) is 4.41. The van der Waals surface area contributed by atoms with Crippen LogP contribution in [-0.4, -0.2) is 21.2 Å². The number of alkyl halides is 3. The molecule has 1 N–H and O–H groups in total. The van der Waals surface area contributed by atoms with Crippen LogP contribution in [-0.2, 0) is 18.9 Å². The molecule has 0 spiro atoms. The van der Waals surface area contributed by atoms with Crippen LogP contribution in [0.4, 0.5) is 18.9 Å². The normalized spacial score (nSPS) is 11.4. The minimum absolute atomic E-state index is 0.526. The van der Waals surface area contributed by atoms with Crippen molar-refractivity contribution in [3.05, 3.63) is 26.0 Å². The smallest absolute Gasteiger partial charge is 0.311 e. The van der Waals surface area contributed by atoms with Gasteiger partial charge in [-0.2, -0.15) is 13.2 Å². The van der Waals surface area contributed by atoms with Crippen LogP contribution in [0.25, 0.3) is 0 Å². The number of carbonyl (C=O) groups excluding carboxylic acids is 1. The maximum atomic E-state index is 12.0. The molecular weight excluding hydrogens is 279 g/mol. The minimum atomic E-state index is -5.16. The summed E-state index contributed by atoms with van der Waals surface area (Å²) in [6.07, 6.45) is -5.16. The average Bonchev–Trinajstić information content (AvgIpc) is 2.28. The van der Waals surface area contributed by atoms with Crippen molar-refractivity contribution in [2.75, 3.05) is 5.32 Å². The molecule has 0 fully saturated rings. The van der Waals surface area contributed by atoms with Gasteiger partial charge < -0.3 is 5.32 Å². The second-order valence-electron chi connectivity index (χ2n) is 3.32. The molecule has 10 heteroatoms. The highest BCUT2D eigenvalue weighted by molar-refractivity contribution is 6.32. The topological polar surface area (TPSA) is 73.1 Å². The van der Waals surface area contributed by atoms with Crippen molar-refractivity contribution in [2.45, 2.75) is 6.18 Å². The molecule has 0 aliphatic heterocycles. The largest absolute Gasteiger partial charge is 0.471 e. The Morgan fingerprint density at radius 3 is 2.17 bits per heavy atom. The molecule has 100 valence electrons. The zero-order valence-corrected chi connectivity index (χ0v) is 9.89. The summed E-state index contributed by atoms with van der Waals surface area (Å²) >= 11 is 5.54. The van der Waals surface area contributed by atoms with Gasteiger partial charge >= 0.3 is 17.8 Å². The van der Waals surface area contributed by atoms with E-state index in [-0.39, 0.29) is 0 Å². The van der Waals surface area contributed by atoms with Crippen molar-refractivity contribution in [2.24, 2.45) is 14.1 Å². The molecule has 0 aliphatic rings. The Hall–Kier alpha value is -1.77. The quantitative estimate of drug-likeness (QED) is 0.751. The van der Waals surface area contributed by atoms with E-state index in [9.17, 15) is 27.6 Å². The van der Waals surface area contributed by atoms with Gasteiger partial charge in [0.15, 0.2) is 0 Å². The van der Waals surface area contributed by atoms with Crippen LogP contribution in [0.1, 0.15) is 0 Å². The summed E-state index contributed by atoms with van der Waals surface area (Å²) in [5.41, 5.74) is -2.75. The molecule has 1 rings (SSSR count). The third kappa shape index (κ3) is 2.40. The second-order valence-corrected chi connectivity index (χ2v) is 3.68. The molecule has 0 radical (unpaired) electrons. The zero-order chi connectivity index (χ0) is 14.2. The number of rotatable bonds is 1. The van der Waals surface area contributed by atoms with Crippen molar-refractivity contribution in [3.63, 3.8) is 0 Å². The lowest BCUT2D eigenvalue weighted by molar-refractivity contribution is -0.167. The highest BCUT2D eigenvalue weighted by Gasteiger charge is 2.39. The molecule has 0 saturated heterocycles. The average molecular weight is 286 g/mol. The Bertz CT molecular complexity index is 617. The fourth-order valence-electron chi connectivity index (χ4n) is 1.11. The lowest BCUT2D eigenvalue weighted by atomic mass is 10.4. The molecule has 0 bridgehead atoms. The number of hydrogen-bond donors (Lipinski definition) is 1. The number of halogens is 4. The molecule has 18 heavy (non-hydrogen) atoms. The van der Waals surface area contributed by atoms with Crippen molar-refractivity contribution < 1.29 is 18.0 Å². The van der Waals surface area contributed by atoms with Crippen LogP contribution in [0.3, 0.4) is 0 Å². The van der Waals surface area contributed by atoms with E-state index in [0.717, 1.165) is 18.7 Å². The molecule has 1 heterocycles. The highest BCUT2D eigenvalue weighted by Crippen LogP contribution is 2.20. The lowest BCUT2D eigenvalue weighted by Crippen LogP contribution is -2.41. The summed E-state index contributed by atoms with van der Waals surface area (Å²) in [7, 11) is 2.19. The van der Waals surface area contributed by atoms with Crippen molar-refractivity contribution in [1.82, 2.24) is 9.13 Å². The minimum Gasteiger partial charge on any atom is -0.311 e. The Kier molecular flexibility index (Phi) is 3.56. The standard InChI is InChI=1S/C8H7ClF3N3O3/c1-14-4(9)3(5(16)15(2)7(14)18)13-6(17)8(10,11)12/h1-2H3,(H,13,17). The number of nitrogens with zero attached hydrogens (tertiary/aromatic N) is 2. The van der Waals surface area contributed by atoms with Gasteiger partial charge in [-0.15, -0.1) is 0 Å². The molecule has 6 nitrogen and oxygen atoms in total. The highest BCUT2D eigenvalue weighted by atomic mass is 35.5. The summed E-state index contributed by atoms with van der Waals surface area (Å²) in [5.74, 6) is -2.35.